The minimum atomic E-state index is -0.284. The third-order valence-electron chi connectivity index (χ3n) is 16.7. The SMILES string of the molecule is C=Cc1cc(C)c(OC2(C)CCCC2)c(F)c1.C=Cc1ccc(OC(C)(C)C)cc1.C=Cc1ccc(OC(C)(C)CC)cc1.C=Cc1ccc(OC2(C)CCCC2)c(OC)c1.C=Cc1ccc(OC2(C)CCCC2)cc1.CC(C)(C)OC1CC2C=CC1C2. The van der Waals surface area contributed by atoms with Gasteiger partial charge in [-0.25, -0.2) is 4.39 Å². The molecular formula is C80H109FO7. The number of fused-ring (bicyclic) bond motifs is 2. The minimum Gasteiger partial charge on any atom is -0.493 e. The van der Waals surface area contributed by atoms with Gasteiger partial charge in [0.15, 0.2) is 23.1 Å². The largest absolute Gasteiger partial charge is 0.493 e. The van der Waals surface area contributed by atoms with Gasteiger partial charge in [0, 0.05) is 5.92 Å². The first-order valence-corrected chi connectivity index (χ1v) is 32.3. The molecule has 0 amide bonds. The predicted molar refractivity (Wildman–Crippen MR) is 372 cm³/mol. The maximum atomic E-state index is 13.9. The summed E-state index contributed by atoms with van der Waals surface area (Å²) in [4.78, 5) is 0. The molecular weight excluding hydrogens is 1090 g/mol. The van der Waals surface area contributed by atoms with E-state index in [4.69, 9.17) is 33.2 Å². The van der Waals surface area contributed by atoms with E-state index >= 15 is 0 Å². The van der Waals surface area contributed by atoms with Gasteiger partial charge in [0.1, 0.15) is 45.3 Å². The van der Waals surface area contributed by atoms with Crippen LogP contribution in [-0.4, -0.2) is 46.8 Å². The van der Waals surface area contributed by atoms with Gasteiger partial charge in [0.25, 0.3) is 0 Å². The van der Waals surface area contributed by atoms with Crippen molar-refractivity contribution in [1.82, 2.24) is 0 Å². The molecule has 3 unspecified atom stereocenters. The summed E-state index contributed by atoms with van der Waals surface area (Å²) in [6, 6.07) is 33.3. The summed E-state index contributed by atoms with van der Waals surface area (Å²) >= 11 is 0. The first kappa shape index (κ1) is 72.0. The molecule has 88 heavy (non-hydrogen) atoms. The van der Waals surface area contributed by atoms with Gasteiger partial charge in [0.2, 0.25) is 0 Å². The van der Waals surface area contributed by atoms with Crippen LogP contribution in [-0.2, 0) is 4.74 Å². The van der Waals surface area contributed by atoms with Crippen LogP contribution in [0.4, 0.5) is 4.39 Å². The first-order valence-electron chi connectivity index (χ1n) is 32.3. The predicted octanol–water partition coefficient (Wildman–Crippen LogP) is 22.7. The molecule has 4 fully saturated rings. The van der Waals surface area contributed by atoms with E-state index in [1.807, 2.05) is 149 Å². The van der Waals surface area contributed by atoms with Crippen LogP contribution in [0.15, 0.2) is 148 Å². The van der Waals surface area contributed by atoms with Gasteiger partial charge in [-0.2, -0.15) is 0 Å². The molecule has 7 nitrogen and oxygen atoms in total. The molecule has 0 heterocycles. The Labute approximate surface area is 532 Å². The van der Waals surface area contributed by atoms with Gasteiger partial charge in [-0.15, -0.1) is 0 Å². The molecule has 2 bridgehead atoms. The number of allylic oxidation sites excluding steroid dienone is 1. The van der Waals surface area contributed by atoms with Gasteiger partial charge in [-0.05, 0) is 279 Å². The van der Waals surface area contributed by atoms with Crippen LogP contribution in [0.5, 0.6) is 34.5 Å². The Morgan fingerprint density at radius 3 is 1.31 bits per heavy atom. The standard InChI is InChI=1S/C15H19FO.C15H20O2.C14H18O.C13H18O.C12H16O.C11H18O/c1-4-12-9-11(2)14(13(16)10-12)17-15(3)7-5-6-8-15;1-4-12-7-8-13(14(11-12)16-3)17-15(2)9-5-6-10-15;1-3-12-6-8-13(9-7-12)15-14(2)10-4-5-11-14;1-5-11-7-9-12(10-8-11)14-13(3,4)6-2;1-5-10-6-8-11(9-7-10)13-12(2,3)4;1-11(2,3)12-10-7-8-4-5-9(10)6-8/h4,9-10H,1,5-8H2,2-3H3;4,7-8,11H,1,5-6,9-10H2,2-3H3;3,6-9H,1,4-5,10-11H2,2H3;5,7-10H,1,6H2,2-4H3;5-9H,1H2,2-4H3;4-5,8-10H,6-7H2,1-3H3. The fraction of sp³-hybridized carbons (Fsp3) is 0.475. The zero-order chi connectivity index (χ0) is 64.8. The summed E-state index contributed by atoms with van der Waals surface area (Å²) < 4.78 is 54.9. The second-order valence-electron chi connectivity index (χ2n) is 27.5. The Hall–Kier alpha value is -6.77. The number of hydrogen-bond acceptors (Lipinski definition) is 7. The Balaban J connectivity index is 0.000000193. The van der Waals surface area contributed by atoms with Crippen LogP contribution >= 0.6 is 0 Å². The molecule has 0 saturated heterocycles. The van der Waals surface area contributed by atoms with Gasteiger partial charge in [0.05, 0.1) is 18.8 Å². The molecule has 5 aliphatic rings. The van der Waals surface area contributed by atoms with Crippen LogP contribution in [0.2, 0.25) is 0 Å². The van der Waals surface area contributed by atoms with Gasteiger partial charge < -0.3 is 33.2 Å². The van der Waals surface area contributed by atoms with Crippen molar-refractivity contribution in [2.24, 2.45) is 11.8 Å². The van der Waals surface area contributed by atoms with E-state index in [0.717, 1.165) is 100 Å². The number of hydrogen-bond donors (Lipinski definition) is 0. The van der Waals surface area contributed by atoms with E-state index in [1.165, 1.54) is 70.3 Å². The Kier molecular flexibility index (Phi) is 27.1. The zero-order valence-corrected chi connectivity index (χ0v) is 56.5. The van der Waals surface area contributed by atoms with Crippen LogP contribution in [0.25, 0.3) is 30.4 Å². The van der Waals surface area contributed by atoms with E-state index in [1.54, 1.807) is 13.2 Å². The van der Waals surface area contributed by atoms with Crippen molar-refractivity contribution in [1.29, 1.82) is 0 Å². The molecule has 5 aliphatic carbocycles. The highest BCUT2D eigenvalue weighted by Crippen LogP contribution is 2.43. The molecule has 0 N–H and O–H groups in total. The van der Waals surface area contributed by atoms with Crippen molar-refractivity contribution in [3.05, 3.63) is 187 Å². The molecule has 3 atom stereocenters. The average Bonchev–Trinajstić information content (AvgIpc) is 2.07. The molecule has 4 saturated carbocycles. The maximum Gasteiger partial charge on any atom is 0.165 e. The topological polar surface area (TPSA) is 64.6 Å². The maximum absolute atomic E-state index is 13.9. The zero-order valence-electron chi connectivity index (χ0n) is 56.5. The Morgan fingerprint density at radius 2 is 0.920 bits per heavy atom. The van der Waals surface area contributed by atoms with Gasteiger partial charge in [-0.1, -0.05) is 125 Å². The monoisotopic (exact) mass is 1200 g/mol. The molecule has 10 rings (SSSR count). The molecule has 8 heteroatoms. The molecule has 5 aromatic carbocycles. The van der Waals surface area contributed by atoms with E-state index in [-0.39, 0.29) is 39.4 Å². The van der Waals surface area contributed by atoms with E-state index in [0.29, 0.717) is 17.8 Å². The molecule has 0 aromatic heterocycles. The van der Waals surface area contributed by atoms with Crippen molar-refractivity contribution in [3.8, 4) is 34.5 Å². The Bertz CT molecular complexity index is 2970. The highest BCUT2D eigenvalue weighted by Gasteiger charge is 2.38. The second-order valence-corrected chi connectivity index (χ2v) is 27.5. The van der Waals surface area contributed by atoms with Crippen LogP contribution in [0.1, 0.15) is 213 Å². The summed E-state index contributed by atoms with van der Waals surface area (Å²) in [5.41, 5.74) is 5.71. The molecule has 5 aromatic rings. The van der Waals surface area contributed by atoms with E-state index < -0.39 is 0 Å². The number of benzene rings is 5. The first-order chi connectivity index (χ1) is 41.5. The average molecular weight is 1200 g/mol. The lowest BCUT2D eigenvalue weighted by Gasteiger charge is -2.28. The molecule has 0 spiro atoms. The van der Waals surface area contributed by atoms with Crippen molar-refractivity contribution in [2.75, 3.05) is 7.11 Å². The van der Waals surface area contributed by atoms with E-state index in [2.05, 4.69) is 107 Å². The third-order valence-corrected chi connectivity index (χ3v) is 16.7. The Morgan fingerprint density at radius 1 is 0.489 bits per heavy atom. The normalized spacial score (nSPS) is 18.9. The quantitative estimate of drug-likeness (QED) is 0.0860. The highest BCUT2D eigenvalue weighted by atomic mass is 19.1. The summed E-state index contributed by atoms with van der Waals surface area (Å²) in [6.07, 6.45) is 31.8. The van der Waals surface area contributed by atoms with Crippen molar-refractivity contribution in [3.63, 3.8) is 0 Å². The lowest BCUT2D eigenvalue weighted by molar-refractivity contribution is -0.0698. The molecule has 0 aliphatic heterocycles. The summed E-state index contributed by atoms with van der Waals surface area (Å²) in [6.45, 7) is 45.7. The van der Waals surface area contributed by atoms with Crippen LogP contribution in [0.3, 0.4) is 0 Å². The number of ether oxygens (including phenoxy) is 7. The number of methoxy groups -OCH3 is 1. The lowest BCUT2D eigenvalue weighted by atomic mass is 10.0. The van der Waals surface area contributed by atoms with Crippen LogP contribution < -0.4 is 28.4 Å². The fourth-order valence-corrected chi connectivity index (χ4v) is 11.5. The highest BCUT2D eigenvalue weighted by molar-refractivity contribution is 5.55. The van der Waals surface area contributed by atoms with E-state index in [9.17, 15) is 4.39 Å². The van der Waals surface area contributed by atoms with Crippen molar-refractivity contribution >= 4 is 30.4 Å². The molecule has 0 radical (unpaired) electrons. The van der Waals surface area contributed by atoms with Gasteiger partial charge >= 0.3 is 0 Å². The van der Waals surface area contributed by atoms with Crippen LogP contribution in [0, 0.1) is 24.6 Å². The number of rotatable bonds is 17. The summed E-state index contributed by atoms with van der Waals surface area (Å²) in [5.74, 6) is 6.08. The van der Waals surface area contributed by atoms with Gasteiger partial charge in [-0.3, -0.25) is 0 Å². The smallest absolute Gasteiger partial charge is 0.165 e. The third kappa shape index (κ3) is 24.3. The molecule has 478 valence electrons. The van der Waals surface area contributed by atoms with Crippen molar-refractivity contribution < 1.29 is 37.5 Å². The second kappa shape index (κ2) is 33.2. The van der Waals surface area contributed by atoms with Crippen molar-refractivity contribution in [2.45, 2.75) is 226 Å². The summed E-state index contributed by atoms with van der Waals surface area (Å²) in [7, 11) is 1.67. The number of aryl methyl sites for hydroxylation is 1. The lowest BCUT2D eigenvalue weighted by Crippen LogP contribution is -2.29. The fourth-order valence-electron chi connectivity index (χ4n) is 11.5. The summed E-state index contributed by atoms with van der Waals surface area (Å²) in [5, 5.41) is 0. The number of halogens is 1. The minimum absolute atomic E-state index is 0.0248.